The van der Waals surface area contributed by atoms with Gasteiger partial charge in [0.15, 0.2) is 0 Å². The predicted octanol–water partition coefficient (Wildman–Crippen LogP) is 1.15. The molecule has 5 heteroatoms. The number of hydrogen-bond donors (Lipinski definition) is 1. The van der Waals surface area contributed by atoms with Gasteiger partial charge in [-0.1, -0.05) is 0 Å². The highest BCUT2D eigenvalue weighted by molar-refractivity contribution is 5.68. The molecule has 0 saturated carbocycles. The van der Waals surface area contributed by atoms with Crippen molar-refractivity contribution in [2.24, 2.45) is 0 Å². The van der Waals surface area contributed by atoms with Crippen molar-refractivity contribution in [1.82, 2.24) is 15.1 Å². The van der Waals surface area contributed by atoms with Gasteiger partial charge in [-0.15, -0.1) is 0 Å². The second-order valence-electron chi connectivity index (χ2n) is 6.24. The molecular formula is C13H27N3O2. The van der Waals surface area contributed by atoms with E-state index < -0.39 is 5.60 Å². The molecule has 106 valence electrons. The summed E-state index contributed by atoms with van der Waals surface area (Å²) in [6.07, 6.45) is 0.703. The number of likely N-dealkylation sites (N-methyl/N-ethyl adjacent to an activating group) is 1. The molecule has 5 nitrogen and oxygen atoms in total. The smallest absolute Gasteiger partial charge is 0.407 e. The number of likely N-dealkylation sites (tertiary alicyclic amines) is 1. The Kier molecular flexibility index (Phi) is 5.41. The summed E-state index contributed by atoms with van der Waals surface area (Å²) in [6, 6.07) is 0.224. The Labute approximate surface area is 110 Å². The molecule has 1 N–H and O–H groups in total. The zero-order valence-electron chi connectivity index (χ0n) is 12.3. The zero-order chi connectivity index (χ0) is 13.8. The van der Waals surface area contributed by atoms with Crippen LogP contribution in [0.4, 0.5) is 4.79 Å². The molecule has 0 spiro atoms. The summed E-state index contributed by atoms with van der Waals surface area (Å²) >= 11 is 0. The fourth-order valence-corrected chi connectivity index (χ4v) is 1.97. The van der Waals surface area contributed by atoms with Gasteiger partial charge in [0.25, 0.3) is 0 Å². The fourth-order valence-electron chi connectivity index (χ4n) is 1.97. The van der Waals surface area contributed by atoms with Gasteiger partial charge in [-0.05, 0) is 41.3 Å². The number of hydrogen-bond acceptors (Lipinski definition) is 4. The Hall–Kier alpha value is -0.810. The average Bonchev–Trinajstić information content (AvgIpc) is 2.59. The Morgan fingerprint density at radius 3 is 2.67 bits per heavy atom. The predicted molar refractivity (Wildman–Crippen MR) is 72.8 cm³/mol. The Balaban J connectivity index is 2.24. The lowest BCUT2D eigenvalue weighted by atomic mass is 10.2. The minimum absolute atomic E-state index is 0.224. The summed E-state index contributed by atoms with van der Waals surface area (Å²) in [5.41, 5.74) is -0.423. The molecule has 1 fully saturated rings. The maximum atomic E-state index is 11.6. The van der Waals surface area contributed by atoms with E-state index in [0.717, 1.165) is 32.6 Å². The van der Waals surface area contributed by atoms with Crippen LogP contribution in [-0.4, -0.2) is 67.8 Å². The van der Waals surface area contributed by atoms with Gasteiger partial charge in [0.2, 0.25) is 0 Å². The summed E-state index contributed by atoms with van der Waals surface area (Å²) in [5.74, 6) is 0. The molecule has 0 aliphatic carbocycles. The summed E-state index contributed by atoms with van der Waals surface area (Å²) in [5, 5.41) is 2.94. The van der Waals surface area contributed by atoms with Crippen molar-refractivity contribution in [3.05, 3.63) is 0 Å². The SMILES string of the molecule is CN(C)CCN1CCC(NC(=O)OC(C)(C)C)C1. The van der Waals surface area contributed by atoms with Gasteiger partial charge in [0.05, 0.1) is 0 Å². The standard InChI is InChI=1S/C13H27N3O2/c1-13(2,3)18-12(17)14-11-6-7-16(10-11)9-8-15(4)5/h11H,6-10H2,1-5H3,(H,14,17). The molecule has 1 aliphatic rings. The number of alkyl carbamates (subject to hydrolysis) is 1. The van der Waals surface area contributed by atoms with Crippen molar-refractivity contribution in [1.29, 1.82) is 0 Å². The van der Waals surface area contributed by atoms with Crippen LogP contribution in [0.1, 0.15) is 27.2 Å². The molecule has 1 rings (SSSR count). The van der Waals surface area contributed by atoms with E-state index in [1.54, 1.807) is 0 Å². The summed E-state index contributed by atoms with van der Waals surface area (Å²) in [4.78, 5) is 16.2. The van der Waals surface area contributed by atoms with Crippen LogP contribution >= 0.6 is 0 Å². The molecule has 1 heterocycles. The lowest BCUT2D eigenvalue weighted by molar-refractivity contribution is 0.0505. The van der Waals surface area contributed by atoms with Gasteiger partial charge in [0.1, 0.15) is 5.60 Å². The molecule has 1 amide bonds. The van der Waals surface area contributed by atoms with Crippen molar-refractivity contribution in [2.75, 3.05) is 40.3 Å². The van der Waals surface area contributed by atoms with Gasteiger partial charge in [-0.25, -0.2) is 4.79 Å². The first-order valence-electron chi connectivity index (χ1n) is 6.63. The quantitative estimate of drug-likeness (QED) is 0.820. The highest BCUT2D eigenvalue weighted by atomic mass is 16.6. The molecule has 0 bridgehead atoms. The maximum absolute atomic E-state index is 11.6. The summed E-state index contributed by atoms with van der Waals surface area (Å²) in [7, 11) is 4.15. The highest BCUT2D eigenvalue weighted by Gasteiger charge is 2.25. The van der Waals surface area contributed by atoms with Gasteiger partial charge in [-0.2, -0.15) is 0 Å². The third-order valence-electron chi connectivity index (χ3n) is 2.86. The average molecular weight is 257 g/mol. The Morgan fingerprint density at radius 2 is 2.11 bits per heavy atom. The second kappa shape index (κ2) is 6.38. The third kappa shape index (κ3) is 6.21. The fraction of sp³-hybridized carbons (Fsp3) is 0.923. The Morgan fingerprint density at radius 1 is 1.44 bits per heavy atom. The monoisotopic (exact) mass is 257 g/mol. The zero-order valence-corrected chi connectivity index (χ0v) is 12.3. The molecule has 18 heavy (non-hydrogen) atoms. The molecule has 1 atom stereocenters. The van der Waals surface area contributed by atoms with Gasteiger partial charge < -0.3 is 15.0 Å². The van der Waals surface area contributed by atoms with Crippen molar-refractivity contribution in [3.8, 4) is 0 Å². The van der Waals surface area contributed by atoms with E-state index in [0.29, 0.717) is 0 Å². The molecule has 0 aromatic carbocycles. The lowest BCUT2D eigenvalue weighted by Gasteiger charge is -2.22. The van der Waals surface area contributed by atoms with E-state index in [9.17, 15) is 4.79 Å². The van der Waals surface area contributed by atoms with Gasteiger partial charge in [0, 0.05) is 32.2 Å². The normalized spacial score (nSPS) is 21.3. The van der Waals surface area contributed by atoms with E-state index >= 15 is 0 Å². The lowest BCUT2D eigenvalue weighted by Crippen LogP contribution is -2.41. The molecule has 1 saturated heterocycles. The van der Waals surface area contributed by atoms with Crippen LogP contribution < -0.4 is 5.32 Å². The van der Waals surface area contributed by atoms with Crippen LogP contribution in [0.3, 0.4) is 0 Å². The Bertz CT molecular complexity index is 274. The molecule has 1 unspecified atom stereocenters. The molecule has 0 radical (unpaired) electrons. The largest absolute Gasteiger partial charge is 0.444 e. The highest BCUT2D eigenvalue weighted by Crippen LogP contribution is 2.11. The van der Waals surface area contributed by atoms with E-state index in [4.69, 9.17) is 4.74 Å². The van der Waals surface area contributed by atoms with Crippen LogP contribution in [-0.2, 0) is 4.74 Å². The summed E-state index contributed by atoms with van der Waals surface area (Å²) in [6.45, 7) is 9.72. The third-order valence-corrected chi connectivity index (χ3v) is 2.86. The number of nitrogens with zero attached hydrogens (tertiary/aromatic N) is 2. The summed E-state index contributed by atoms with van der Waals surface area (Å²) < 4.78 is 5.26. The first kappa shape index (κ1) is 15.2. The van der Waals surface area contributed by atoms with Crippen molar-refractivity contribution in [2.45, 2.75) is 38.8 Å². The first-order chi connectivity index (χ1) is 8.26. The second-order valence-corrected chi connectivity index (χ2v) is 6.24. The number of carbonyl (C=O) groups is 1. The van der Waals surface area contributed by atoms with E-state index in [1.807, 2.05) is 20.8 Å². The van der Waals surface area contributed by atoms with Crippen LogP contribution in [0.5, 0.6) is 0 Å². The number of amides is 1. The molecular weight excluding hydrogens is 230 g/mol. The van der Waals surface area contributed by atoms with E-state index in [1.165, 1.54) is 0 Å². The van der Waals surface area contributed by atoms with E-state index in [2.05, 4.69) is 29.2 Å². The van der Waals surface area contributed by atoms with Crippen LogP contribution in [0.25, 0.3) is 0 Å². The van der Waals surface area contributed by atoms with Crippen molar-refractivity contribution < 1.29 is 9.53 Å². The minimum atomic E-state index is -0.423. The minimum Gasteiger partial charge on any atom is -0.444 e. The molecule has 0 aromatic rings. The number of rotatable bonds is 4. The number of nitrogens with one attached hydrogen (secondary N) is 1. The van der Waals surface area contributed by atoms with Crippen LogP contribution in [0.15, 0.2) is 0 Å². The van der Waals surface area contributed by atoms with Gasteiger partial charge >= 0.3 is 6.09 Å². The first-order valence-corrected chi connectivity index (χ1v) is 6.63. The molecule has 1 aliphatic heterocycles. The topological polar surface area (TPSA) is 44.8 Å². The van der Waals surface area contributed by atoms with E-state index in [-0.39, 0.29) is 12.1 Å². The van der Waals surface area contributed by atoms with Crippen molar-refractivity contribution >= 4 is 6.09 Å². The number of carbonyl (C=O) groups excluding carboxylic acids is 1. The van der Waals surface area contributed by atoms with Crippen molar-refractivity contribution in [3.63, 3.8) is 0 Å². The van der Waals surface area contributed by atoms with Crippen LogP contribution in [0.2, 0.25) is 0 Å². The van der Waals surface area contributed by atoms with Crippen LogP contribution in [0, 0.1) is 0 Å². The molecule has 0 aromatic heterocycles. The number of ether oxygens (including phenoxy) is 1. The van der Waals surface area contributed by atoms with Gasteiger partial charge in [-0.3, -0.25) is 4.90 Å². The maximum Gasteiger partial charge on any atom is 0.407 e.